The van der Waals surface area contributed by atoms with E-state index in [1.165, 1.54) is 0 Å². The second kappa shape index (κ2) is 5.63. The predicted molar refractivity (Wildman–Crippen MR) is 94.5 cm³/mol. The van der Waals surface area contributed by atoms with Crippen LogP contribution in [-0.2, 0) is 16.6 Å². The smallest absolute Gasteiger partial charge is 0.176 e. The second-order valence-electron chi connectivity index (χ2n) is 7.18. The van der Waals surface area contributed by atoms with Crippen molar-refractivity contribution < 1.29 is 4.79 Å². The van der Waals surface area contributed by atoms with Gasteiger partial charge in [-0.1, -0.05) is 50.3 Å². The molecule has 0 saturated heterocycles. The molecule has 3 unspecified atom stereocenters. The van der Waals surface area contributed by atoms with Crippen LogP contribution < -0.4 is 0 Å². The molecule has 4 nitrogen and oxygen atoms in total. The summed E-state index contributed by atoms with van der Waals surface area (Å²) in [6.45, 7) is 4.05. The van der Waals surface area contributed by atoms with Gasteiger partial charge in [-0.3, -0.25) is 4.79 Å². The van der Waals surface area contributed by atoms with Crippen molar-refractivity contribution in [3.05, 3.63) is 59.4 Å². The predicted octanol–water partition coefficient (Wildman–Crippen LogP) is 3.63. The van der Waals surface area contributed by atoms with Gasteiger partial charge in [0.2, 0.25) is 0 Å². The molecule has 0 fully saturated rings. The first-order valence-electron chi connectivity index (χ1n) is 8.63. The minimum Gasteiger partial charge on any atom is -0.293 e. The van der Waals surface area contributed by atoms with Crippen molar-refractivity contribution in [2.45, 2.75) is 32.1 Å². The highest BCUT2D eigenvalue weighted by atomic mass is 16.1. The maximum atomic E-state index is 12.4. The summed E-state index contributed by atoms with van der Waals surface area (Å²) >= 11 is 0. The third-order valence-electron chi connectivity index (χ3n) is 5.75. The van der Waals surface area contributed by atoms with E-state index in [1.807, 2.05) is 49.5 Å². The lowest BCUT2D eigenvalue weighted by molar-refractivity contribution is -0.121. The van der Waals surface area contributed by atoms with E-state index < -0.39 is 5.41 Å². The van der Waals surface area contributed by atoms with Crippen molar-refractivity contribution >= 4 is 5.78 Å². The molecule has 4 heteroatoms. The summed E-state index contributed by atoms with van der Waals surface area (Å²) < 4.78 is 0. The van der Waals surface area contributed by atoms with Crippen LogP contribution in [0.3, 0.4) is 0 Å². The number of allylic oxidation sites excluding steroid dienone is 2. The van der Waals surface area contributed by atoms with Gasteiger partial charge in [-0.05, 0) is 24.3 Å². The molecule has 3 atom stereocenters. The molecule has 0 radical (unpaired) electrons. The van der Waals surface area contributed by atoms with Crippen molar-refractivity contribution in [3.63, 3.8) is 0 Å². The van der Waals surface area contributed by atoms with Crippen molar-refractivity contribution in [1.29, 1.82) is 5.26 Å². The van der Waals surface area contributed by atoms with E-state index in [1.54, 1.807) is 0 Å². The summed E-state index contributed by atoms with van der Waals surface area (Å²) in [5.74, 6) is 0.666. The topological polar surface area (TPSA) is 66.6 Å². The Morgan fingerprint density at radius 2 is 2.04 bits per heavy atom. The van der Waals surface area contributed by atoms with Gasteiger partial charge in [0.05, 0.1) is 11.3 Å². The molecule has 0 saturated carbocycles. The minimum atomic E-state index is -0.404. The first-order valence-corrected chi connectivity index (χ1v) is 8.63. The molecular formula is C21H19N3O. The van der Waals surface area contributed by atoms with E-state index in [0.717, 1.165) is 29.7 Å². The zero-order valence-electron chi connectivity index (χ0n) is 14.4. The van der Waals surface area contributed by atoms with Gasteiger partial charge in [0, 0.05) is 23.1 Å². The Bertz CT molecular complexity index is 926. The number of nitrogens with zero attached hydrogens (tertiary/aromatic N) is 3. The van der Waals surface area contributed by atoms with Crippen LogP contribution in [0, 0.1) is 23.2 Å². The highest BCUT2D eigenvalue weighted by Gasteiger charge is 2.48. The Kier molecular flexibility index (Phi) is 3.54. The molecule has 2 aliphatic rings. The number of hydrogen-bond acceptors (Lipinski definition) is 4. The minimum absolute atomic E-state index is 0.0363. The van der Waals surface area contributed by atoms with Gasteiger partial charge in [-0.25, -0.2) is 9.97 Å². The number of Topliss-reactive ketones (excluding diaryl/α,β-unsaturated/α-hetero) is 1. The van der Waals surface area contributed by atoms with E-state index in [4.69, 9.17) is 4.98 Å². The van der Waals surface area contributed by atoms with Crippen LogP contribution >= 0.6 is 0 Å². The number of ketones is 1. The number of aryl methyl sites for hydroxylation is 1. The number of carbonyl (C=O) groups is 1. The third-order valence-corrected chi connectivity index (χ3v) is 5.75. The summed E-state index contributed by atoms with van der Waals surface area (Å²) in [5, 5.41) is 9.39. The molecule has 4 rings (SSSR count). The molecule has 0 aliphatic heterocycles. The van der Waals surface area contributed by atoms with Gasteiger partial charge < -0.3 is 0 Å². The highest BCUT2D eigenvalue weighted by molar-refractivity contribution is 6.02. The Labute approximate surface area is 147 Å². The Balaban J connectivity index is 1.91. The molecule has 1 aromatic heterocycles. The molecule has 25 heavy (non-hydrogen) atoms. The van der Waals surface area contributed by atoms with Gasteiger partial charge in [-0.15, -0.1) is 0 Å². The number of rotatable bonds is 1. The van der Waals surface area contributed by atoms with E-state index in [-0.39, 0.29) is 23.2 Å². The first kappa shape index (κ1) is 15.7. The van der Waals surface area contributed by atoms with Crippen molar-refractivity contribution in [2.24, 2.45) is 11.8 Å². The van der Waals surface area contributed by atoms with Gasteiger partial charge in [0.25, 0.3) is 0 Å². The molecule has 0 amide bonds. The Morgan fingerprint density at radius 3 is 2.76 bits per heavy atom. The van der Waals surface area contributed by atoms with Gasteiger partial charge in [0.15, 0.2) is 11.6 Å². The fourth-order valence-corrected chi connectivity index (χ4v) is 4.40. The summed E-state index contributed by atoms with van der Waals surface area (Å²) in [7, 11) is 0. The Hall–Kier alpha value is -2.80. The summed E-state index contributed by atoms with van der Waals surface area (Å²) in [5.41, 5.74) is 2.91. The summed E-state index contributed by atoms with van der Waals surface area (Å²) in [6, 6.07) is 12.0. The lowest BCUT2D eigenvalue weighted by Crippen LogP contribution is -2.46. The zero-order chi connectivity index (χ0) is 17.6. The maximum absolute atomic E-state index is 12.4. The van der Waals surface area contributed by atoms with Crippen LogP contribution in [0.4, 0.5) is 0 Å². The number of aromatic nitrogens is 2. The number of fused-ring (bicyclic) bond motifs is 3. The number of nitriles is 1. The number of hydrogen-bond donors (Lipinski definition) is 0. The fraction of sp³-hybridized carbons (Fsp3) is 0.333. The first-order chi connectivity index (χ1) is 12.0. The molecule has 0 N–H and O–H groups in total. The Morgan fingerprint density at radius 1 is 1.28 bits per heavy atom. The summed E-state index contributed by atoms with van der Waals surface area (Å²) in [6.07, 6.45) is 5.55. The lowest BCUT2D eigenvalue weighted by atomic mass is 9.58. The second-order valence-corrected chi connectivity index (χ2v) is 7.18. The normalized spacial score (nSPS) is 27.7. The number of benzene rings is 1. The molecule has 124 valence electrons. The monoisotopic (exact) mass is 329 g/mol. The lowest BCUT2D eigenvalue weighted by Gasteiger charge is -2.45. The molecule has 2 aliphatic carbocycles. The molecular weight excluding hydrogens is 310 g/mol. The van der Waals surface area contributed by atoms with Gasteiger partial charge in [-0.2, -0.15) is 5.26 Å². The molecule has 1 aromatic carbocycles. The van der Waals surface area contributed by atoms with Crippen molar-refractivity contribution in [3.8, 4) is 17.5 Å². The van der Waals surface area contributed by atoms with Gasteiger partial charge in [0.1, 0.15) is 6.07 Å². The van der Waals surface area contributed by atoms with Crippen molar-refractivity contribution in [1.82, 2.24) is 9.97 Å². The van der Waals surface area contributed by atoms with E-state index in [2.05, 4.69) is 18.0 Å². The average Bonchev–Trinajstić information content (AvgIpc) is 2.65. The highest BCUT2D eigenvalue weighted by Crippen LogP contribution is 2.49. The maximum Gasteiger partial charge on any atom is 0.176 e. The van der Waals surface area contributed by atoms with E-state index >= 15 is 0 Å². The largest absolute Gasteiger partial charge is 0.293 e. The molecule has 0 spiro atoms. The molecule has 2 aromatic rings. The van der Waals surface area contributed by atoms with Crippen LogP contribution in [0.25, 0.3) is 11.4 Å². The van der Waals surface area contributed by atoms with Crippen LogP contribution in [0.15, 0.2) is 48.2 Å². The quantitative estimate of drug-likeness (QED) is 0.801. The SMILES string of the molecule is CC1C(=O)C(C#N)=CC2(C)c3nc(-c4ccccc4)ncc3CCC12. The van der Waals surface area contributed by atoms with Crippen LogP contribution in [0.2, 0.25) is 0 Å². The fourth-order valence-electron chi connectivity index (χ4n) is 4.40. The zero-order valence-corrected chi connectivity index (χ0v) is 14.4. The molecule has 0 bridgehead atoms. The van der Waals surface area contributed by atoms with E-state index in [9.17, 15) is 10.1 Å². The summed E-state index contributed by atoms with van der Waals surface area (Å²) in [4.78, 5) is 21.9. The van der Waals surface area contributed by atoms with E-state index in [0.29, 0.717) is 5.82 Å². The number of carbonyl (C=O) groups excluding carboxylic acids is 1. The standard InChI is InChI=1S/C21H19N3O/c1-13-17-9-8-15-12-23-20(14-6-4-3-5-7-14)24-19(15)21(17,2)10-16(11-22)18(13)25/h3-7,10,12-13,17H,8-9H2,1-2H3. The third kappa shape index (κ3) is 2.31. The molecule has 1 heterocycles. The van der Waals surface area contributed by atoms with Crippen molar-refractivity contribution in [2.75, 3.05) is 0 Å². The average molecular weight is 329 g/mol. The van der Waals surface area contributed by atoms with Crippen LogP contribution in [0.1, 0.15) is 31.5 Å². The van der Waals surface area contributed by atoms with Crippen LogP contribution in [0.5, 0.6) is 0 Å². The van der Waals surface area contributed by atoms with Crippen LogP contribution in [-0.4, -0.2) is 15.8 Å². The van der Waals surface area contributed by atoms with Gasteiger partial charge >= 0.3 is 0 Å².